The number of rotatable bonds is 2. The zero-order valence-corrected chi connectivity index (χ0v) is 15.1. The zero-order valence-electron chi connectivity index (χ0n) is 14.2. The van der Waals surface area contributed by atoms with Crippen molar-refractivity contribution in [3.63, 3.8) is 0 Å². The number of pyridine rings is 1. The Labute approximate surface area is 151 Å². The molecule has 2 aromatic heterocycles. The molecule has 4 rings (SSSR count). The normalized spacial score (nSPS) is 19.6. The second-order valence-electron chi connectivity index (χ2n) is 6.47. The minimum Gasteiger partial charge on any atom is -0.328 e. The number of carbonyl (C=O) groups excluding carboxylic acids is 1. The number of nitrogens with zero attached hydrogens (tertiary/aromatic N) is 4. The van der Waals surface area contributed by atoms with E-state index < -0.39 is 15.9 Å². The van der Waals surface area contributed by atoms with E-state index in [1.54, 1.807) is 35.1 Å². The molecule has 1 fully saturated rings. The van der Waals surface area contributed by atoms with Crippen molar-refractivity contribution < 1.29 is 13.2 Å². The Bertz CT molecular complexity index is 1090. The summed E-state index contributed by atoms with van der Waals surface area (Å²) < 4.78 is 25.9. The van der Waals surface area contributed by atoms with E-state index in [1.807, 2.05) is 30.3 Å². The van der Waals surface area contributed by atoms with Crippen molar-refractivity contribution in [2.24, 2.45) is 7.05 Å². The average molecular weight is 370 g/mol. The van der Waals surface area contributed by atoms with E-state index in [0.717, 1.165) is 10.9 Å². The van der Waals surface area contributed by atoms with Crippen molar-refractivity contribution in [2.75, 3.05) is 18.1 Å². The number of aromatic nitrogens is 3. The van der Waals surface area contributed by atoms with Crippen LogP contribution < -0.4 is 0 Å². The number of carbonyl (C=O) groups is 1. The molecule has 134 valence electrons. The topological polar surface area (TPSA) is 85.2 Å². The van der Waals surface area contributed by atoms with Crippen LogP contribution in [0.25, 0.3) is 10.9 Å². The van der Waals surface area contributed by atoms with E-state index in [1.165, 1.54) is 0 Å². The predicted octanol–water partition coefficient (Wildman–Crippen LogP) is 1.58. The van der Waals surface area contributed by atoms with Crippen LogP contribution in [-0.4, -0.2) is 52.0 Å². The van der Waals surface area contributed by atoms with E-state index in [-0.39, 0.29) is 24.0 Å². The lowest BCUT2D eigenvalue weighted by Gasteiger charge is -2.34. The Hall–Kier alpha value is -2.74. The quantitative estimate of drug-likeness (QED) is 0.684. The summed E-state index contributed by atoms with van der Waals surface area (Å²) in [6.45, 7) is 0.148. The molecule has 1 atom stereocenters. The maximum absolute atomic E-state index is 13.1. The Morgan fingerprint density at radius 2 is 2.00 bits per heavy atom. The smallest absolute Gasteiger partial charge is 0.273 e. The predicted molar refractivity (Wildman–Crippen MR) is 97.4 cm³/mol. The Morgan fingerprint density at radius 1 is 1.19 bits per heavy atom. The number of aryl methyl sites for hydroxylation is 1. The first-order chi connectivity index (χ1) is 12.4. The molecule has 1 aromatic carbocycles. The minimum absolute atomic E-state index is 0.0386. The van der Waals surface area contributed by atoms with Crippen LogP contribution in [0.4, 0.5) is 0 Å². The number of hydrogen-bond acceptors (Lipinski definition) is 5. The summed E-state index contributed by atoms with van der Waals surface area (Å²) in [6.07, 6.45) is 3.36. The summed E-state index contributed by atoms with van der Waals surface area (Å²) in [4.78, 5) is 19.1. The van der Waals surface area contributed by atoms with Gasteiger partial charge in [0.1, 0.15) is 5.69 Å². The third kappa shape index (κ3) is 3.08. The van der Waals surface area contributed by atoms with Gasteiger partial charge in [0.25, 0.3) is 5.91 Å². The second-order valence-corrected chi connectivity index (χ2v) is 8.69. The van der Waals surface area contributed by atoms with Crippen LogP contribution in [0.2, 0.25) is 0 Å². The summed E-state index contributed by atoms with van der Waals surface area (Å²) in [5.74, 6) is -0.402. The fraction of sp³-hybridized carbons (Fsp3) is 0.278. The van der Waals surface area contributed by atoms with Gasteiger partial charge in [0, 0.05) is 30.7 Å². The van der Waals surface area contributed by atoms with E-state index in [4.69, 9.17) is 0 Å². The maximum Gasteiger partial charge on any atom is 0.273 e. The van der Waals surface area contributed by atoms with Gasteiger partial charge in [-0.2, -0.15) is 5.10 Å². The van der Waals surface area contributed by atoms with Crippen molar-refractivity contribution >= 4 is 26.6 Å². The third-order valence-corrected chi connectivity index (χ3v) is 6.25. The number of sulfone groups is 1. The highest BCUT2D eigenvalue weighted by Gasteiger charge is 2.36. The molecule has 1 unspecified atom stereocenters. The van der Waals surface area contributed by atoms with Gasteiger partial charge >= 0.3 is 0 Å². The molecule has 26 heavy (non-hydrogen) atoms. The van der Waals surface area contributed by atoms with Crippen LogP contribution >= 0.6 is 0 Å². The van der Waals surface area contributed by atoms with Gasteiger partial charge in [0.05, 0.1) is 29.3 Å². The van der Waals surface area contributed by atoms with Crippen LogP contribution in [-0.2, 0) is 16.9 Å². The first-order valence-corrected chi connectivity index (χ1v) is 10.1. The van der Waals surface area contributed by atoms with Gasteiger partial charge in [-0.1, -0.05) is 24.3 Å². The Morgan fingerprint density at radius 3 is 2.77 bits per heavy atom. The summed E-state index contributed by atoms with van der Waals surface area (Å²) in [7, 11) is -1.44. The highest BCUT2D eigenvalue weighted by atomic mass is 32.2. The standard InChI is InChI=1S/C18H18N4O3S/c1-21-11-14(10-19-21)17-12-26(24,25)9-8-22(17)18(23)16-7-6-13-4-2-3-5-15(13)20-16/h2-7,10-11,17H,8-9,12H2,1H3. The van der Waals surface area contributed by atoms with E-state index in [0.29, 0.717) is 11.3 Å². The fourth-order valence-electron chi connectivity index (χ4n) is 3.27. The lowest BCUT2D eigenvalue weighted by atomic mass is 10.1. The second kappa shape index (κ2) is 6.21. The molecule has 8 heteroatoms. The largest absolute Gasteiger partial charge is 0.328 e. The molecule has 1 aliphatic rings. The maximum atomic E-state index is 13.1. The molecule has 1 aliphatic heterocycles. The molecule has 0 bridgehead atoms. The van der Waals surface area contributed by atoms with E-state index >= 15 is 0 Å². The average Bonchev–Trinajstić information content (AvgIpc) is 3.06. The fourth-order valence-corrected chi connectivity index (χ4v) is 4.77. The van der Waals surface area contributed by atoms with Crippen molar-refractivity contribution in [1.82, 2.24) is 19.7 Å². The van der Waals surface area contributed by atoms with Crippen LogP contribution in [0.5, 0.6) is 0 Å². The molecule has 1 saturated heterocycles. The number of para-hydroxylation sites is 1. The van der Waals surface area contributed by atoms with Gasteiger partial charge in [-0.05, 0) is 12.1 Å². The zero-order chi connectivity index (χ0) is 18.3. The van der Waals surface area contributed by atoms with Gasteiger partial charge in [0.2, 0.25) is 0 Å². The molecule has 7 nitrogen and oxygen atoms in total. The van der Waals surface area contributed by atoms with Crippen molar-refractivity contribution in [3.05, 3.63) is 60.0 Å². The summed E-state index contributed by atoms with van der Waals surface area (Å²) >= 11 is 0. The van der Waals surface area contributed by atoms with Crippen molar-refractivity contribution in [3.8, 4) is 0 Å². The number of hydrogen-bond donors (Lipinski definition) is 0. The van der Waals surface area contributed by atoms with E-state index in [9.17, 15) is 13.2 Å². The van der Waals surface area contributed by atoms with Gasteiger partial charge in [-0.3, -0.25) is 9.48 Å². The lowest BCUT2D eigenvalue weighted by molar-refractivity contribution is 0.0692. The first kappa shape index (κ1) is 16.7. The SMILES string of the molecule is Cn1cc(C2CS(=O)(=O)CCN2C(=O)c2ccc3ccccc3n2)cn1. The number of benzene rings is 1. The molecule has 0 saturated carbocycles. The molecule has 0 aliphatic carbocycles. The minimum atomic E-state index is -3.21. The molecule has 3 aromatic rings. The molecule has 3 heterocycles. The third-order valence-electron chi connectivity index (χ3n) is 4.62. The van der Waals surface area contributed by atoms with Crippen LogP contribution in [0.3, 0.4) is 0 Å². The summed E-state index contributed by atoms with van der Waals surface area (Å²) in [5, 5.41) is 5.07. The van der Waals surface area contributed by atoms with Gasteiger partial charge < -0.3 is 4.90 Å². The van der Waals surface area contributed by atoms with Gasteiger partial charge in [-0.25, -0.2) is 13.4 Å². The molecule has 0 N–H and O–H groups in total. The number of fused-ring (bicyclic) bond motifs is 1. The lowest BCUT2D eigenvalue weighted by Crippen LogP contribution is -2.46. The highest BCUT2D eigenvalue weighted by molar-refractivity contribution is 7.91. The van der Waals surface area contributed by atoms with Crippen LogP contribution in [0, 0.1) is 0 Å². The molecule has 0 radical (unpaired) electrons. The Kier molecular flexibility index (Phi) is 3.99. The van der Waals surface area contributed by atoms with E-state index in [2.05, 4.69) is 10.1 Å². The van der Waals surface area contributed by atoms with Gasteiger partial charge in [-0.15, -0.1) is 0 Å². The highest BCUT2D eigenvalue weighted by Crippen LogP contribution is 2.28. The monoisotopic (exact) mass is 370 g/mol. The van der Waals surface area contributed by atoms with Crippen molar-refractivity contribution in [1.29, 1.82) is 0 Å². The summed E-state index contributed by atoms with van der Waals surface area (Å²) in [5.41, 5.74) is 1.77. The summed E-state index contributed by atoms with van der Waals surface area (Å²) in [6, 6.07) is 10.6. The molecule has 1 amide bonds. The Balaban J connectivity index is 1.71. The molecule has 0 spiro atoms. The first-order valence-electron chi connectivity index (χ1n) is 8.29. The van der Waals surface area contributed by atoms with Gasteiger partial charge in [0.15, 0.2) is 9.84 Å². The van der Waals surface area contributed by atoms with Crippen LogP contribution in [0.15, 0.2) is 48.8 Å². The molecular formula is C18H18N4O3S. The van der Waals surface area contributed by atoms with Crippen LogP contribution in [0.1, 0.15) is 22.1 Å². The molecular weight excluding hydrogens is 352 g/mol. The van der Waals surface area contributed by atoms with Crippen molar-refractivity contribution in [2.45, 2.75) is 6.04 Å². The number of amides is 1.